The van der Waals surface area contributed by atoms with Crippen LogP contribution in [0.3, 0.4) is 0 Å². The molecule has 0 radical (unpaired) electrons. The van der Waals surface area contributed by atoms with Crippen LogP contribution in [-0.4, -0.2) is 17.7 Å². The molecule has 32 valence electrons. The van der Waals surface area contributed by atoms with Crippen LogP contribution in [0.2, 0.25) is 0 Å². The molecule has 1 aliphatic heterocycles. The number of thiocarbonyl (C=S) groups is 1. The van der Waals surface area contributed by atoms with Crippen LogP contribution < -0.4 is 0 Å². The van der Waals surface area contributed by atoms with Crippen LogP contribution in [0.15, 0.2) is 5.16 Å². The van der Waals surface area contributed by atoms with E-state index >= 15 is 0 Å². The number of oxime groups is 1. The Morgan fingerprint density at radius 2 is 2.83 bits per heavy atom. The second-order valence-electron chi connectivity index (χ2n) is 0.974. The molecular formula is C3H3NOS. The fourth-order valence-electron chi connectivity index (χ4n) is 0.234. The van der Waals surface area contributed by atoms with E-state index in [2.05, 4.69) is 22.2 Å². The van der Waals surface area contributed by atoms with Gasteiger partial charge in [0, 0.05) is 0 Å². The molecule has 1 aliphatic rings. The normalized spacial score (nSPS) is 18.3. The van der Waals surface area contributed by atoms with Crippen LogP contribution in [0.1, 0.15) is 0 Å². The molecule has 3 heteroatoms. The van der Waals surface area contributed by atoms with Crippen LogP contribution >= 0.6 is 12.2 Å². The summed E-state index contributed by atoms with van der Waals surface area (Å²) in [5, 5.41) is 3.40. The van der Waals surface area contributed by atoms with Gasteiger partial charge in [-0.05, 0) is 0 Å². The van der Waals surface area contributed by atoms with E-state index in [9.17, 15) is 0 Å². The van der Waals surface area contributed by atoms with Crippen molar-refractivity contribution >= 4 is 23.3 Å². The minimum atomic E-state index is 0.495. The van der Waals surface area contributed by atoms with Crippen molar-refractivity contribution in [2.45, 2.75) is 0 Å². The molecule has 0 aromatic carbocycles. The summed E-state index contributed by atoms with van der Waals surface area (Å²) in [5.41, 5.74) is 0. The third-order valence-electron chi connectivity index (χ3n) is 0.478. The van der Waals surface area contributed by atoms with Gasteiger partial charge in [0.1, 0.15) is 0 Å². The van der Waals surface area contributed by atoms with Crippen molar-refractivity contribution < 1.29 is 4.84 Å². The molecule has 0 amide bonds. The van der Waals surface area contributed by atoms with Gasteiger partial charge < -0.3 is 4.84 Å². The molecule has 0 atom stereocenters. The van der Waals surface area contributed by atoms with E-state index in [1.54, 1.807) is 0 Å². The summed E-state index contributed by atoms with van der Waals surface area (Å²) < 4.78 is 0. The van der Waals surface area contributed by atoms with E-state index in [0.717, 1.165) is 4.86 Å². The molecule has 0 fully saturated rings. The minimum Gasteiger partial charge on any atom is -0.390 e. The van der Waals surface area contributed by atoms with Crippen molar-refractivity contribution in [3.63, 3.8) is 0 Å². The van der Waals surface area contributed by atoms with Gasteiger partial charge in [-0.15, -0.1) is 0 Å². The van der Waals surface area contributed by atoms with Crippen LogP contribution in [0.4, 0.5) is 0 Å². The predicted molar refractivity (Wildman–Crippen MR) is 27.0 cm³/mol. The molecule has 1 rings (SSSR count). The monoisotopic (exact) mass is 101 g/mol. The van der Waals surface area contributed by atoms with Gasteiger partial charge in [-0.1, -0.05) is 17.4 Å². The van der Waals surface area contributed by atoms with E-state index < -0.39 is 0 Å². The molecule has 0 aromatic rings. The Bertz CT molecular complexity index is 99.0. The maximum absolute atomic E-state index is 4.64. The van der Waals surface area contributed by atoms with Crippen molar-refractivity contribution in [3.8, 4) is 0 Å². The second kappa shape index (κ2) is 1.34. The first kappa shape index (κ1) is 3.74. The van der Waals surface area contributed by atoms with Gasteiger partial charge in [0.15, 0.2) is 6.61 Å². The Morgan fingerprint density at radius 1 is 2.00 bits per heavy atom. The van der Waals surface area contributed by atoms with Crippen molar-refractivity contribution in [3.05, 3.63) is 0 Å². The highest BCUT2D eigenvalue weighted by atomic mass is 32.1. The molecule has 0 unspecified atom stereocenters. The highest BCUT2D eigenvalue weighted by Crippen LogP contribution is 1.86. The van der Waals surface area contributed by atoms with E-state index in [1.807, 2.05) is 0 Å². The Labute approximate surface area is 40.8 Å². The summed E-state index contributed by atoms with van der Waals surface area (Å²) in [6.07, 6.45) is 1.54. The smallest absolute Gasteiger partial charge is 0.153 e. The highest BCUT2D eigenvalue weighted by molar-refractivity contribution is 7.82. The summed E-state index contributed by atoms with van der Waals surface area (Å²) in [6, 6.07) is 0. The van der Waals surface area contributed by atoms with Crippen LogP contribution in [0, 0.1) is 0 Å². The maximum atomic E-state index is 4.64. The van der Waals surface area contributed by atoms with E-state index in [0.29, 0.717) is 6.61 Å². The molecular weight excluding hydrogens is 98.1 g/mol. The summed E-state index contributed by atoms with van der Waals surface area (Å²) >= 11 is 4.64. The zero-order valence-corrected chi connectivity index (χ0v) is 3.86. The lowest BCUT2D eigenvalue weighted by Crippen LogP contribution is -1.92. The summed E-state index contributed by atoms with van der Waals surface area (Å²) in [6.45, 7) is 0.495. The second-order valence-corrected chi connectivity index (χ2v) is 1.50. The summed E-state index contributed by atoms with van der Waals surface area (Å²) in [4.78, 5) is 5.26. The first-order chi connectivity index (χ1) is 2.89. The lowest BCUT2D eigenvalue weighted by molar-refractivity contribution is 0.198. The Hall–Kier alpha value is -0.440. The van der Waals surface area contributed by atoms with Crippen LogP contribution in [0.25, 0.3) is 0 Å². The van der Waals surface area contributed by atoms with Crippen LogP contribution in [-0.2, 0) is 4.84 Å². The van der Waals surface area contributed by atoms with Crippen molar-refractivity contribution in [1.82, 2.24) is 0 Å². The SMILES string of the molecule is S=C1C=NOC1. The molecule has 0 bridgehead atoms. The average Bonchev–Trinajstić information content (AvgIpc) is 1.86. The van der Waals surface area contributed by atoms with Gasteiger partial charge in [0.25, 0.3) is 0 Å². The molecule has 6 heavy (non-hydrogen) atoms. The Morgan fingerprint density at radius 3 is 3.00 bits per heavy atom. The molecule has 0 N–H and O–H groups in total. The molecule has 0 saturated carbocycles. The fraction of sp³-hybridized carbons (Fsp3) is 0.333. The van der Waals surface area contributed by atoms with E-state index in [-0.39, 0.29) is 0 Å². The number of rotatable bonds is 0. The van der Waals surface area contributed by atoms with E-state index in [1.165, 1.54) is 6.21 Å². The molecule has 1 heterocycles. The molecule has 0 spiro atoms. The molecule has 0 aliphatic carbocycles. The Kier molecular flexibility index (Phi) is 0.837. The predicted octanol–water partition coefficient (Wildman–Crippen LogP) is 0.372. The minimum absolute atomic E-state index is 0.495. The lowest BCUT2D eigenvalue weighted by atomic mass is 10.5. The first-order valence-corrected chi connectivity index (χ1v) is 1.98. The van der Waals surface area contributed by atoms with Gasteiger partial charge in [-0.2, -0.15) is 0 Å². The Balaban J connectivity index is 2.59. The quantitative estimate of drug-likeness (QED) is 0.411. The largest absolute Gasteiger partial charge is 0.390 e. The van der Waals surface area contributed by atoms with Gasteiger partial charge in [0.05, 0.1) is 11.1 Å². The third kappa shape index (κ3) is 0.542. The van der Waals surface area contributed by atoms with Gasteiger partial charge in [-0.25, -0.2) is 0 Å². The van der Waals surface area contributed by atoms with Crippen molar-refractivity contribution in [1.29, 1.82) is 0 Å². The highest BCUT2D eigenvalue weighted by Gasteiger charge is 1.96. The topological polar surface area (TPSA) is 21.6 Å². The van der Waals surface area contributed by atoms with Crippen LogP contribution in [0.5, 0.6) is 0 Å². The van der Waals surface area contributed by atoms with Crippen molar-refractivity contribution in [2.75, 3.05) is 6.61 Å². The maximum Gasteiger partial charge on any atom is 0.153 e. The number of hydrogen-bond donors (Lipinski definition) is 0. The third-order valence-corrected chi connectivity index (χ3v) is 0.701. The standard InChI is InChI=1S/C3H3NOS/c6-3-1-4-5-2-3/h1H,2H2. The average molecular weight is 101 g/mol. The number of hydrogen-bond acceptors (Lipinski definition) is 3. The molecule has 0 saturated heterocycles. The van der Waals surface area contributed by atoms with Gasteiger partial charge in [0.2, 0.25) is 0 Å². The summed E-state index contributed by atoms with van der Waals surface area (Å²) in [7, 11) is 0. The zero-order chi connectivity index (χ0) is 4.41. The molecule has 0 aromatic heterocycles. The van der Waals surface area contributed by atoms with Gasteiger partial charge >= 0.3 is 0 Å². The summed E-state index contributed by atoms with van der Waals surface area (Å²) in [5.74, 6) is 0. The van der Waals surface area contributed by atoms with Gasteiger partial charge in [-0.3, -0.25) is 0 Å². The zero-order valence-electron chi connectivity index (χ0n) is 3.05. The number of nitrogens with zero attached hydrogens (tertiary/aromatic N) is 1. The fourth-order valence-corrected chi connectivity index (χ4v) is 0.330. The molecule has 2 nitrogen and oxygen atoms in total. The van der Waals surface area contributed by atoms with Crippen molar-refractivity contribution in [2.24, 2.45) is 5.16 Å². The lowest BCUT2D eigenvalue weighted by Gasteiger charge is -1.77. The van der Waals surface area contributed by atoms with E-state index in [4.69, 9.17) is 0 Å². The first-order valence-electron chi connectivity index (χ1n) is 1.58.